The monoisotopic (exact) mass is 348 g/mol. The highest BCUT2D eigenvalue weighted by atomic mass is 16.1. The average molecular weight is 348 g/mol. The van der Waals surface area contributed by atoms with Gasteiger partial charge in [0.1, 0.15) is 0 Å². The predicted molar refractivity (Wildman–Crippen MR) is 104 cm³/mol. The van der Waals surface area contributed by atoms with Gasteiger partial charge >= 0.3 is 0 Å². The quantitative estimate of drug-likeness (QED) is 0.769. The van der Waals surface area contributed by atoms with Crippen molar-refractivity contribution in [3.8, 4) is 0 Å². The molecule has 0 fully saturated rings. The first kappa shape index (κ1) is 18.0. The topological polar surface area (TPSA) is 58.1 Å². The van der Waals surface area contributed by atoms with Crippen molar-refractivity contribution in [3.63, 3.8) is 0 Å². The van der Waals surface area contributed by atoms with Crippen molar-refractivity contribution in [2.45, 2.75) is 26.9 Å². The van der Waals surface area contributed by atoms with Crippen molar-refractivity contribution in [2.75, 3.05) is 14.1 Å². The van der Waals surface area contributed by atoms with Gasteiger partial charge in [-0.05, 0) is 57.3 Å². The summed E-state index contributed by atoms with van der Waals surface area (Å²) in [5, 5.41) is 3.01. The molecule has 5 heteroatoms. The minimum atomic E-state index is -0.105. The molecule has 0 unspecified atom stereocenters. The van der Waals surface area contributed by atoms with Crippen LogP contribution < -0.4 is 5.32 Å². The zero-order chi connectivity index (χ0) is 18.7. The second-order valence-corrected chi connectivity index (χ2v) is 6.79. The number of rotatable bonds is 5. The van der Waals surface area contributed by atoms with Crippen LogP contribution in [0, 0.1) is 13.8 Å². The average Bonchev–Trinajstić information content (AvgIpc) is 2.61. The van der Waals surface area contributed by atoms with Crippen LogP contribution >= 0.6 is 0 Å². The molecule has 0 radical (unpaired) electrons. The first-order chi connectivity index (χ1) is 12.4. The molecule has 1 N–H and O–H groups in total. The molecule has 0 saturated heterocycles. The number of nitrogens with one attached hydrogen (secondary N) is 1. The van der Waals surface area contributed by atoms with Gasteiger partial charge in [0.05, 0.1) is 22.4 Å². The van der Waals surface area contributed by atoms with E-state index < -0.39 is 0 Å². The molecule has 1 amide bonds. The third-order valence-electron chi connectivity index (χ3n) is 4.38. The van der Waals surface area contributed by atoms with Crippen molar-refractivity contribution < 1.29 is 4.79 Å². The fourth-order valence-corrected chi connectivity index (χ4v) is 2.87. The molecule has 0 spiro atoms. The largest absolute Gasteiger partial charge is 0.348 e. The minimum absolute atomic E-state index is 0.105. The Morgan fingerprint density at radius 2 is 1.62 bits per heavy atom. The smallest absolute Gasteiger partial charge is 0.251 e. The number of carbonyl (C=O) groups excluding carboxylic acids is 1. The van der Waals surface area contributed by atoms with Gasteiger partial charge in [-0.15, -0.1) is 0 Å². The third kappa shape index (κ3) is 4.06. The van der Waals surface area contributed by atoms with Crippen LogP contribution in [0.3, 0.4) is 0 Å². The van der Waals surface area contributed by atoms with Gasteiger partial charge in [0.15, 0.2) is 0 Å². The van der Waals surface area contributed by atoms with E-state index in [0.717, 1.165) is 34.5 Å². The number of aromatic nitrogens is 2. The van der Waals surface area contributed by atoms with Crippen molar-refractivity contribution in [1.82, 2.24) is 20.2 Å². The van der Waals surface area contributed by atoms with Gasteiger partial charge in [0.25, 0.3) is 5.91 Å². The molecule has 0 saturated carbocycles. The van der Waals surface area contributed by atoms with Gasteiger partial charge in [0, 0.05) is 18.7 Å². The molecule has 0 aliphatic carbocycles. The van der Waals surface area contributed by atoms with Crippen molar-refractivity contribution in [1.29, 1.82) is 0 Å². The molecule has 1 aromatic heterocycles. The van der Waals surface area contributed by atoms with Crippen LogP contribution in [0.4, 0.5) is 0 Å². The summed E-state index contributed by atoms with van der Waals surface area (Å²) in [5.74, 6) is -0.105. The Hall–Kier alpha value is -2.79. The summed E-state index contributed by atoms with van der Waals surface area (Å²) in [7, 11) is 4.07. The molecule has 5 nitrogen and oxygen atoms in total. The maximum atomic E-state index is 12.6. The first-order valence-electron chi connectivity index (χ1n) is 8.69. The lowest BCUT2D eigenvalue weighted by Crippen LogP contribution is -2.24. The second kappa shape index (κ2) is 7.62. The Morgan fingerprint density at radius 1 is 0.962 bits per heavy atom. The number of benzene rings is 2. The fraction of sp³-hybridized carbons (Fsp3) is 0.286. The third-order valence-corrected chi connectivity index (χ3v) is 4.38. The van der Waals surface area contributed by atoms with Crippen LogP contribution in [-0.2, 0) is 13.1 Å². The van der Waals surface area contributed by atoms with Crippen LogP contribution in [0.15, 0.2) is 42.5 Å². The number of nitrogens with zero attached hydrogens (tertiary/aromatic N) is 3. The maximum absolute atomic E-state index is 12.6. The Bertz CT molecular complexity index is 950. The second-order valence-electron chi connectivity index (χ2n) is 6.79. The minimum Gasteiger partial charge on any atom is -0.348 e. The van der Waals surface area contributed by atoms with E-state index in [-0.39, 0.29) is 5.91 Å². The van der Waals surface area contributed by atoms with Gasteiger partial charge in [0.2, 0.25) is 0 Å². The molecular weight excluding hydrogens is 324 g/mol. The number of hydrogen-bond acceptors (Lipinski definition) is 4. The van der Waals surface area contributed by atoms with E-state index in [0.29, 0.717) is 12.1 Å². The SMILES string of the molecule is Cc1nc2ccc(C(=O)NCc3ccccc3CN(C)C)cc2nc1C. The Balaban J connectivity index is 1.77. The van der Waals surface area contributed by atoms with Crippen LogP contribution in [-0.4, -0.2) is 34.9 Å². The van der Waals surface area contributed by atoms with Crippen LogP contribution in [0.5, 0.6) is 0 Å². The number of aryl methyl sites for hydroxylation is 2. The van der Waals surface area contributed by atoms with Gasteiger partial charge < -0.3 is 10.2 Å². The highest BCUT2D eigenvalue weighted by Gasteiger charge is 2.10. The highest BCUT2D eigenvalue weighted by molar-refractivity contribution is 5.97. The molecule has 0 aliphatic heterocycles. The van der Waals surface area contributed by atoms with Gasteiger partial charge in [-0.2, -0.15) is 0 Å². The van der Waals surface area contributed by atoms with E-state index in [1.54, 1.807) is 12.1 Å². The van der Waals surface area contributed by atoms with Crippen molar-refractivity contribution in [3.05, 3.63) is 70.5 Å². The van der Waals surface area contributed by atoms with Crippen molar-refractivity contribution >= 4 is 16.9 Å². The zero-order valence-electron chi connectivity index (χ0n) is 15.7. The summed E-state index contributed by atoms with van der Waals surface area (Å²) in [6.45, 7) is 5.21. The van der Waals surface area contributed by atoms with Gasteiger partial charge in [-0.3, -0.25) is 4.79 Å². The summed E-state index contributed by atoms with van der Waals surface area (Å²) >= 11 is 0. The number of fused-ring (bicyclic) bond motifs is 1. The van der Waals surface area contributed by atoms with Crippen molar-refractivity contribution in [2.24, 2.45) is 0 Å². The van der Waals surface area contributed by atoms with E-state index in [1.807, 2.05) is 46.1 Å². The molecule has 0 atom stereocenters. The molecule has 3 aromatic rings. The lowest BCUT2D eigenvalue weighted by Gasteiger charge is -2.14. The molecule has 2 aromatic carbocycles. The highest BCUT2D eigenvalue weighted by Crippen LogP contribution is 2.15. The number of amides is 1. The fourth-order valence-electron chi connectivity index (χ4n) is 2.87. The van der Waals surface area contributed by atoms with E-state index in [4.69, 9.17) is 0 Å². The Morgan fingerprint density at radius 3 is 2.31 bits per heavy atom. The summed E-state index contributed by atoms with van der Waals surface area (Å²) in [6.07, 6.45) is 0. The van der Waals surface area contributed by atoms with Gasteiger partial charge in [-0.1, -0.05) is 24.3 Å². The molecule has 1 heterocycles. The van der Waals surface area contributed by atoms with Gasteiger partial charge in [-0.25, -0.2) is 9.97 Å². The standard InChI is InChI=1S/C21H24N4O/c1-14-15(2)24-20-11-16(9-10-19(20)23-14)21(26)22-12-17-7-5-6-8-18(17)13-25(3)4/h5-11H,12-13H2,1-4H3,(H,22,26). The Kier molecular flexibility index (Phi) is 5.28. The van der Waals surface area contributed by atoms with Crippen LogP contribution in [0.25, 0.3) is 11.0 Å². The number of hydrogen-bond donors (Lipinski definition) is 1. The summed E-state index contributed by atoms with van der Waals surface area (Å²) in [4.78, 5) is 23.7. The summed E-state index contributed by atoms with van der Waals surface area (Å²) in [5.41, 5.74) is 6.28. The predicted octanol–water partition coefficient (Wildman–Crippen LogP) is 3.24. The van der Waals surface area contributed by atoms with E-state index in [2.05, 4.69) is 32.3 Å². The van der Waals surface area contributed by atoms with E-state index in [9.17, 15) is 4.79 Å². The summed E-state index contributed by atoms with van der Waals surface area (Å²) < 4.78 is 0. The molecular formula is C21H24N4O. The molecule has 0 aliphatic rings. The molecule has 3 rings (SSSR count). The molecule has 26 heavy (non-hydrogen) atoms. The lowest BCUT2D eigenvalue weighted by molar-refractivity contribution is 0.0951. The normalized spacial score (nSPS) is 11.1. The van der Waals surface area contributed by atoms with E-state index in [1.165, 1.54) is 5.56 Å². The summed E-state index contributed by atoms with van der Waals surface area (Å²) in [6, 6.07) is 13.6. The first-order valence-corrected chi connectivity index (χ1v) is 8.69. The maximum Gasteiger partial charge on any atom is 0.251 e. The number of carbonyl (C=O) groups is 1. The lowest BCUT2D eigenvalue weighted by atomic mass is 10.1. The Labute approximate surface area is 154 Å². The molecule has 134 valence electrons. The van der Waals surface area contributed by atoms with E-state index >= 15 is 0 Å². The zero-order valence-corrected chi connectivity index (χ0v) is 15.7. The van der Waals surface area contributed by atoms with Crippen LogP contribution in [0.1, 0.15) is 32.9 Å². The van der Waals surface area contributed by atoms with Crippen LogP contribution in [0.2, 0.25) is 0 Å². The molecule has 0 bridgehead atoms.